The zero-order valence-electron chi connectivity index (χ0n) is 10.9. The Kier molecular flexibility index (Phi) is 3.80. The molecule has 0 radical (unpaired) electrons. The van der Waals surface area contributed by atoms with E-state index >= 15 is 0 Å². The summed E-state index contributed by atoms with van der Waals surface area (Å²) in [5.74, 6) is 0.671. The van der Waals surface area contributed by atoms with Crippen LogP contribution in [0.1, 0.15) is 26.3 Å². The van der Waals surface area contributed by atoms with Gasteiger partial charge in [0.2, 0.25) is 0 Å². The van der Waals surface area contributed by atoms with Crippen molar-refractivity contribution in [3.8, 4) is 0 Å². The largest absolute Gasteiger partial charge is 0.310 e. The number of nitrogens with one attached hydrogen (secondary N) is 1. The summed E-state index contributed by atoms with van der Waals surface area (Å²) in [6.45, 7) is 7.69. The van der Waals surface area contributed by atoms with Crippen molar-refractivity contribution in [1.29, 1.82) is 0 Å². The molecule has 2 rings (SSSR count). The quantitative estimate of drug-likeness (QED) is 0.833. The molecule has 0 spiro atoms. The number of hydrogen-bond acceptors (Lipinski definition) is 1. The van der Waals surface area contributed by atoms with Gasteiger partial charge in [0.25, 0.3) is 0 Å². The van der Waals surface area contributed by atoms with Gasteiger partial charge in [0.15, 0.2) is 0 Å². The molecule has 0 aromatic heterocycles. The molecule has 0 fully saturated rings. The summed E-state index contributed by atoms with van der Waals surface area (Å²) >= 11 is 0. The number of rotatable bonds is 4. The number of fused-ring (bicyclic) bond motifs is 1. The van der Waals surface area contributed by atoms with Gasteiger partial charge in [-0.3, -0.25) is 0 Å². The molecule has 0 aliphatic carbocycles. The van der Waals surface area contributed by atoms with Crippen molar-refractivity contribution in [2.45, 2.75) is 33.4 Å². The minimum atomic E-state index is 0.550. The number of hydrogen-bond donors (Lipinski definition) is 1. The second kappa shape index (κ2) is 5.33. The van der Waals surface area contributed by atoms with E-state index in [1.165, 1.54) is 16.3 Å². The minimum Gasteiger partial charge on any atom is -0.310 e. The fraction of sp³-hybridized carbons (Fsp3) is 0.375. The Bertz CT molecular complexity index is 482. The molecule has 1 heteroatoms. The van der Waals surface area contributed by atoms with E-state index in [2.05, 4.69) is 68.6 Å². The van der Waals surface area contributed by atoms with Crippen LogP contribution in [0.2, 0.25) is 0 Å². The molecule has 0 amide bonds. The van der Waals surface area contributed by atoms with Crippen LogP contribution in [0.3, 0.4) is 0 Å². The van der Waals surface area contributed by atoms with Crippen molar-refractivity contribution < 1.29 is 0 Å². The van der Waals surface area contributed by atoms with Gasteiger partial charge >= 0.3 is 0 Å². The van der Waals surface area contributed by atoms with Crippen molar-refractivity contribution in [2.75, 3.05) is 0 Å². The zero-order valence-corrected chi connectivity index (χ0v) is 10.9. The van der Waals surface area contributed by atoms with Crippen LogP contribution < -0.4 is 5.32 Å². The molecular formula is C16H21N. The highest BCUT2D eigenvalue weighted by Gasteiger charge is 2.06. The Labute approximate surface area is 104 Å². The zero-order chi connectivity index (χ0) is 12.3. The van der Waals surface area contributed by atoms with Crippen LogP contribution in [0.4, 0.5) is 0 Å². The average molecular weight is 227 g/mol. The second-order valence-electron chi connectivity index (χ2n) is 5.05. The van der Waals surface area contributed by atoms with Gasteiger partial charge < -0.3 is 5.32 Å². The summed E-state index contributed by atoms with van der Waals surface area (Å²) in [5, 5.41) is 6.27. The second-order valence-corrected chi connectivity index (χ2v) is 5.05. The van der Waals surface area contributed by atoms with Gasteiger partial charge in [0, 0.05) is 12.6 Å². The van der Waals surface area contributed by atoms with Crippen molar-refractivity contribution in [2.24, 2.45) is 5.92 Å². The van der Waals surface area contributed by atoms with Crippen LogP contribution in [0.15, 0.2) is 42.5 Å². The lowest BCUT2D eigenvalue weighted by Crippen LogP contribution is -2.30. The fourth-order valence-electron chi connectivity index (χ4n) is 1.95. The van der Waals surface area contributed by atoms with Gasteiger partial charge in [0.1, 0.15) is 0 Å². The third-order valence-electron chi connectivity index (χ3n) is 3.49. The maximum Gasteiger partial charge on any atom is 0.0214 e. The maximum atomic E-state index is 3.59. The monoisotopic (exact) mass is 227 g/mol. The highest BCUT2D eigenvalue weighted by molar-refractivity contribution is 5.85. The lowest BCUT2D eigenvalue weighted by molar-refractivity contribution is 0.427. The smallest absolute Gasteiger partial charge is 0.0214 e. The van der Waals surface area contributed by atoms with Crippen LogP contribution >= 0.6 is 0 Å². The van der Waals surface area contributed by atoms with Crippen LogP contribution in [0.5, 0.6) is 0 Å². The standard InChI is InChI=1S/C16H21N/c1-12(2)13(3)17-11-15-9-6-8-14-7-4-5-10-16(14)15/h4-10,12-13,17H,11H2,1-3H3. The molecule has 90 valence electrons. The Hall–Kier alpha value is -1.34. The van der Waals surface area contributed by atoms with E-state index in [1.807, 2.05) is 0 Å². The van der Waals surface area contributed by atoms with Crippen LogP contribution in [0, 0.1) is 5.92 Å². The van der Waals surface area contributed by atoms with Crippen molar-refractivity contribution in [3.05, 3.63) is 48.0 Å². The van der Waals surface area contributed by atoms with Gasteiger partial charge in [-0.1, -0.05) is 56.3 Å². The van der Waals surface area contributed by atoms with E-state index < -0.39 is 0 Å². The van der Waals surface area contributed by atoms with Gasteiger partial charge in [0.05, 0.1) is 0 Å². The molecule has 17 heavy (non-hydrogen) atoms. The lowest BCUT2D eigenvalue weighted by atomic mass is 10.0. The predicted octanol–water partition coefficient (Wildman–Crippen LogP) is 3.97. The highest BCUT2D eigenvalue weighted by Crippen LogP contribution is 2.18. The normalized spacial score (nSPS) is 13.2. The molecule has 0 bridgehead atoms. The molecule has 0 saturated carbocycles. The van der Waals surface area contributed by atoms with Gasteiger partial charge in [-0.25, -0.2) is 0 Å². The molecular weight excluding hydrogens is 206 g/mol. The third-order valence-corrected chi connectivity index (χ3v) is 3.49. The predicted molar refractivity (Wildman–Crippen MR) is 75.1 cm³/mol. The minimum absolute atomic E-state index is 0.550. The topological polar surface area (TPSA) is 12.0 Å². The summed E-state index contributed by atoms with van der Waals surface area (Å²) in [6.07, 6.45) is 0. The van der Waals surface area contributed by atoms with Crippen LogP contribution in [-0.2, 0) is 6.54 Å². The summed E-state index contributed by atoms with van der Waals surface area (Å²) < 4.78 is 0. The van der Waals surface area contributed by atoms with Crippen LogP contribution in [0.25, 0.3) is 10.8 Å². The molecule has 1 unspecified atom stereocenters. The molecule has 1 nitrogen and oxygen atoms in total. The lowest BCUT2D eigenvalue weighted by Gasteiger charge is -2.18. The van der Waals surface area contributed by atoms with Gasteiger partial charge in [-0.2, -0.15) is 0 Å². The SMILES string of the molecule is CC(C)C(C)NCc1cccc2ccccc12. The highest BCUT2D eigenvalue weighted by atomic mass is 14.9. The summed E-state index contributed by atoms with van der Waals surface area (Å²) in [5.41, 5.74) is 1.38. The van der Waals surface area contributed by atoms with E-state index in [4.69, 9.17) is 0 Å². The molecule has 0 aliphatic rings. The Balaban J connectivity index is 2.19. The summed E-state index contributed by atoms with van der Waals surface area (Å²) in [6, 6.07) is 15.6. The molecule has 2 aromatic carbocycles. The van der Waals surface area contributed by atoms with Crippen LogP contribution in [-0.4, -0.2) is 6.04 Å². The molecule has 0 saturated heterocycles. The Morgan fingerprint density at radius 3 is 2.41 bits per heavy atom. The molecule has 1 atom stereocenters. The molecule has 2 aromatic rings. The van der Waals surface area contributed by atoms with Crippen molar-refractivity contribution >= 4 is 10.8 Å². The first-order chi connectivity index (χ1) is 8.18. The van der Waals surface area contributed by atoms with E-state index in [0.717, 1.165) is 6.54 Å². The Morgan fingerprint density at radius 1 is 0.941 bits per heavy atom. The first-order valence-corrected chi connectivity index (χ1v) is 6.38. The van der Waals surface area contributed by atoms with E-state index in [-0.39, 0.29) is 0 Å². The first-order valence-electron chi connectivity index (χ1n) is 6.38. The fourth-order valence-corrected chi connectivity index (χ4v) is 1.95. The van der Waals surface area contributed by atoms with Crippen molar-refractivity contribution in [3.63, 3.8) is 0 Å². The molecule has 0 heterocycles. The van der Waals surface area contributed by atoms with E-state index in [1.54, 1.807) is 0 Å². The van der Waals surface area contributed by atoms with Gasteiger partial charge in [-0.15, -0.1) is 0 Å². The Morgan fingerprint density at radius 2 is 1.65 bits per heavy atom. The van der Waals surface area contributed by atoms with Gasteiger partial charge in [-0.05, 0) is 29.2 Å². The first kappa shape index (κ1) is 12.1. The molecule has 0 aliphatic heterocycles. The third kappa shape index (κ3) is 2.86. The summed E-state index contributed by atoms with van der Waals surface area (Å²) in [4.78, 5) is 0. The van der Waals surface area contributed by atoms with E-state index in [9.17, 15) is 0 Å². The van der Waals surface area contributed by atoms with E-state index in [0.29, 0.717) is 12.0 Å². The average Bonchev–Trinajstić information content (AvgIpc) is 2.35. The molecule has 1 N–H and O–H groups in total. The van der Waals surface area contributed by atoms with Crippen molar-refractivity contribution in [1.82, 2.24) is 5.32 Å². The summed E-state index contributed by atoms with van der Waals surface area (Å²) in [7, 11) is 0. The maximum absolute atomic E-state index is 3.59. The number of benzene rings is 2.